The summed E-state index contributed by atoms with van der Waals surface area (Å²) in [5.41, 5.74) is 10.4. The lowest BCUT2D eigenvalue weighted by Crippen LogP contribution is -2.25. The summed E-state index contributed by atoms with van der Waals surface area (Å²) in [6.45, 7) is 10.8. The Morgan fingerprint density at radius 1 is 1.16 bits per heavy atom. The maximum Gasteiger partial charge on any atom is 0.409 e. The SMILES string of the molecule is CC1=C(/C=C/C(C)=C/C=C/C(C)=C/C(=O)Nc2ccc(OC(N)=O)cc2)C(C)(C)CCC1n1ccnc1. The number of ether oxygens (including phenoxy) is 1. The van der Waals surface area contributed by atoms with Gasteiger partial charge in [-0.3, -0.25) is 4.79 Å². The van der Waals surface area contributed by atoms with Crippen molar-refractivity contribution in [2.75, 3.05) is 5.32 Å². The minimum atomic E-state index is -0.883. The summed E-state index contributed by atoms with van der Waals surface area (Å²) >= 11 is 0. The summed E-state index contributed by atoms with van der Waals surface area (Å²) in [5.74, 6) is 0.0635. The molecule has 2 amide bonds. The van der Waals surface area contributed by atoms with E-state index in [1.807, 2.05) is 43.9 Å². The van der Waals surface area contributed by atoms with Crippen molar-refractivity contribution in [3.63, 3.8) is 0 Å². The van der Waals surface area contributed by atoms with Gasteiger partial charge in [-0.15, -0.1) is 0 Å². The first-order valence-corrected chi connectivity index (χ1v) is 12.3. The van der Waals surface area contributed by atoms with E-state index in [2.05, 4.69) is 54.7 Å². The van der Waals surface area contributed by atoms with Crippen LogP contribution in [-0.4, -0.2) is 21.6 Å². The maximum absolute atomic E-state index is 12.3. The number of allylic oxidation sites excluding steroid dienone is 9. The second-order valence-electron chi connectivity index (χ2n) is 9.97. The number of hydrogen-bond acceptors (Lipinski definition) is 4. The molecule has 0 saturated carbocycles. The van der Waals surface area contributed by atoms with Crippen LogP contribution in [0.1, 0.15) is 53.5 Å². The number of benzene rings is 1. The fourth-order valence-electron chi connectivity index (χ4n) is 4.52. The molecule has 0 aliphatic heterocycles. The first-order valence-electron chi connectivity index (χ1n) is 12.3. The van der Waals surface area contributed by atoms with E-state index in [4.69, 9.17) is 10.5 Å². The molecular weight excluding hydrogens is 464 g/mol. The van der Waals surface area contributed by atoms with E-state index in [1.54, 1.807) is 24.3 Å². The largest absolute Gasteiger partial charge is 0.411 e. The van der Waals surface area contributed by atoms with Gasteiger partial charge in [0.1, 0.15) is 5.75 Å². The summed E-state index contributed by atoms with van der Waals surface area (Å²) in [7, 11) is 0. The van der Waals surface area contributed by atoms with E-state index in [9.17, 15) is 9.59 Å². The molecule has 3 rings (SSSR count). The molecular formula is C30H36N4O3. The predicted molar refractivity (Wildman–Crippen MR) is 148 cm³/mol. The monoisotopic (exact) mass is 500 g/mol. The van der Waals surface area contributed by atoms with E-state index < -0.39 is 6.09 Å². The van der Waals surface area contributed by atoms with Crippen molar-refractivity contribution in [2.45, 2.75) is 53.5 Å². The van der Waals surface area contributed by atoms with E-state index in [1.165, 1.54) is 17.2 Å². The number of imidazole rings is 1. The first-order chi connectivity index (χ1) is 17.5. The highest BCUT2D eigenvalue weighted by atomic mass is 16.5. The molecule has 0 spiro atoms. The van der Waals surface area contributed by atoms with Crippen LogP contribution in [0.25, 0.3) is 0 Å². The highest BCUT2D eigenvalue weighted by molar-refractivity contribution is 6.00. The molecule has 37 heavy (non-hydrogen) atoms. The topological polar surface area (TPSA) is 99.2 Å². The van der Waals surface area contributed by atoms with Crippen molar-refractivity contribution >= 4 is 17.7 Å². The Morgan fingerprint density at radius 2 is 1.89 bits per heavy atom. The molecule has 7 nitrogen and oxygen atoms in total. The van der Waals surface area contributed by atoms with Crippen molar-refractivity contribution in [2.24, 2.45) is 11.1 Å². The average molecular weight is 501 g/mol. The fourth-order valence-corrected chi connectivity index (χ4v) is 4.52. The maximum atomic E-state index is 12.3. The lowest BCUT2D eigenvalue weighted by Gasteiger charge is -2.37. The molecule has 3 N–H and O–H groups in total. The van der Waals surface area contributed by atoms with Crippen LogP contribution in [0.4, 0.5) is 10.5 Å². The van der Waals surface area contributed by atoms with Crippen LogP contribution in [-0.2, 0) is 4.79 Å². The normalized spacial score (nSPS) is 18.5. The number of primary amides is 1. The molecule has 1 aromatic carbocycles. The molecule has 1 aliphatic rings. The number of nitrogens with one attached hydrogen (secondary N) is 1. The molecule has 1 heterocycles. The van der Waals surface area contributed by atoms with Crippen LogP contribution in [0.2, 0.25) is 0 Å². The number of carbonyl (C=O) groups is 2. The lowest BCUT2D eigenvalue weighted by atomic mass is 9.71. The zero-order valence-electron chi connectivity index (χ0n) is 22.2. The van der Waals surface area contributed by atoms with E-state index in [0.29, 0.717) is 17.5 Å². The molecule has 0 bridgehead atoms. The van der Waals surface area contributed by atoms with E-state index in [0.717, 1.165) is 24.0 Å². The van der Waals surface area contributed by atoms with Crippen LogP contribution in [0.3, 0.4) is 0 Å². The second-order valence-corrected chi connectivity index (χ2v) is 9.97. The zero-order valence-corrected chi connectivity index (χ0v) is 22.2. The number of carbonyl (C=O) groups excluding carboxylic acids is 2. The summed E-state index contributed by atoms with van der Waals surface area (Å²) < 4.78 is 6.98. The van der Waals surface area contributed by atoms with Crippen molar-refractivity contribution in [1.29, 1.82) is 0 Å². The molecule has 0 saturated heterocycles. The van der Waals surface area contributed by atoms with Gasteiger partial charge in [0.15, 0.2) is 0 Å². The van der Waals surface area contributed by atoms with Gasteiger partial charge in [0.25, 0.3) is 0 Å². The van der Waals surface area contributed by atoms with Gasteiger partial charge in [0.05, 0.1) is 12.4 Å². The molecule has 1 aromatic heterocycles. The summed E-state index contributed by atoms with van der Waals surface area (Å²) in [6.07, 6.45) is 18.9. The van der Waals surface area contributed by atoms with Crippen molar-refractivity contribution in [3.8, 4) is 5.75 Å². The highest BCUT2D eigenvalue weighted by Crippen LogP contribution is 2.45. The minimum absolute atomic E-state index is 0.121. The summed E-state index contributed by atoms with van der Waals surface area (Å²) in [5, 5.41) is 2.78. The minimum Gasteiger partial charge on any atom is -0.411 e. The van der Waals surface area contributed by atoms with Gasteiger partial charge in [0.2, 0.25) is 5.91 Å². The fraction of sp³-hybridized carbons (Fsp3) is 0.300. The standard InChI is InChI=1S/C30H36N4O3/c1-21(9-14-26-23(3)27(15-16-30(26,4)5)34-18-17-32-20-34)7-6-8-22(2)19-28(35)33-24-10-12-25(13-11-24)37-29(31)36/h6-14,17-20,27H,15-16H2,1-5H3,(H2,31,36)(H,33,35)/b8-6+,14-9+,21-7+,22-19+. The third-order valence-corrected chi connectivity index (χ3v) is 6.51. The van der Waals surface area contributed by atoms with Gasteiger partial charge in [-0.05, 0) is 80.0 Å². The van der Waals surface area contributed by atoms with Crippen molar-refractivity contribution in [1.82, 2.24) is 9.55 Å². The molecule has 0 fully saturated rings. The number of rotatable bonds is 8. The first kappa shape index (κ1) is 27.5. The molecule has 2 aromatic rings. The van der Waals surface area contributed by atoms with Gasteiger partial charge in [-0.1, -0.05) is 49.8 Å². The Labute approximate surface area is 219 Å². The Morgan fingerprint density at radius 3 is 2.54 bits per heavy atom. The number of anilines is 1. The Hall–Kier alpha value is -4.13. The Kier molecular flexibility index (Phi) is 9.06. The van der Waals surface area contributed by atoms with E-state index in [-0.39, 0.29) is 11.3 Å². The Bertz CT molecular complexity index is 1260. The predicted octanol–water partition coefficient (Wildman–Crippen LogP) is 6.66. The number of nitrogens with zero attached hydrogens (tertiary/aromatic N) is 2. The molecule has 0 radical (unpaired) electrons. The van der Waals surface area contributed by atoms with Crippen molar-refractivity contribution in [3.05, 3.63) is 102 Å². The van der Waals surface area contributed by atoms with Crippen LogP contribution < -0.4 is 15.8 Å². The molecule has 7 heteroatoms. The number of amides is 2. The van der Waals surface area contributed by atoms with Gasteiger partial charge >= 0.3 is 6.09 Å². The van der Waals surface area contributed by atoms with E-state index >= 15 is 0 Å². The third kappa shape index (κ3) is 7.93. The van der Waals surface area contributed by atoms with Gasteiger partial charge in [0, 0.05) is 24.2 Å². The number of hydrogen-bond donors (Lipinski definition) is 2. The van der Waals surface area contributed by atoms with Gasteiger partial charge < -0.3 is 20.4 Å². The summed E-state index contributed by atoms with van der Waals surface area (Å²) in [6, 6.07) is 6.73. The quantitative estimate of drug-likeness (QED) is 0.313. The molecule has 194 valence electrons. The molecule has 1 aliphatic carbocycles. The van der Waals surface area contributed by atoms with Crippen LogP contribution in [0.5, 0.6) is 5.75 Å². The smallest absolute Gasteiger partial charge is 0.409 e. The Balaban J connectivity index is 1.61. The van der Waals surface area contributed by atoms with Crippen LogP contribution in [0.15, 0.2) is 102 Å². The molecule has 1 atom stereocenters. The average Bonchev–Trinajstić information content (AvgIpc) is 3.34. The second kappa shape index (κ2) is 12.2. The van der Waals surface area contributed by atoms with Gasteiger partial charge in [-0.25, -0.2) is 9.78 Å². The van der Waals surface area contributed by atoms with Crippen LogP contribution in [0, 0.1) is 5.41 Å². The zero-order chi connectivity index (χ0) is 27.0. The summed E-state index contributed by atoms with van der Waals surface area (Å²) in [4.78, 5) is 27.3. The molecule has 1 unspecified atom stereocenters. The number of nitrogens with two attached hydrogens (primary N) is 1. The third-order valence-electron chi connectivity index (χ3n) is 6.51. The highest BCUT2D eigenvalue weighted by Gasteiger charge is 2.32. The lowest BCUT2D eigenvalue weighted by molar-refractivity contribution is -0.111. The number of aromatic nitrogens is 2. The van der Waals surface area contributed by atoms with Crippen molar-refractivity contribution < 1.29 is 14.3 Å². The van der Waals surface area contributed by atoms with Gasteiger partial charge in [-0.2, -0.15) is 0 Å². The van der Waals surface area contributed by atoms with Crippen LogP contribution >= 0.6 is 0 Å².